The van der Waals surface area contributed by atoms with Crippen LogP contribution in [-0.2, 0) is 0 Å². The number of rotatable bonds is 6. The zero-order valence-electron chi connectivity index (χ0n) is 32.0. The monoisotopic (exact) mass is 706 g/mol. The van der Waals surface area contributed by atoms with Crippen LogP contribution in [0.3, 0.4) is 0 Å². The molecule has 0 saturated carbocycles. The molecule has 0 aliphatic carbocycles. The minimum atomic E-state index is -2.29. The second kappa shape index (κ2) is 14.3. The first-order valence-corrected chi connectivity index (χ1v) is 23.4. The Morgan fingerprint density at radius 3 is 0.846 bits per heavy atom. The van der Waals surface area contributed by atoms with Gasteiger partial charge in [-0.15, -0.1) is 11.1 Å². The Morgan fingerprint density at radius 1 is 0.346 bits per heavy atom. The summed E-state index contributed by atoms with van der Waals surface area (Å²) in [6, 6.07) is 49.4. The summed E-state index contributed by atoms with van der Waals surface area (Å²) in [5.41, 5.74) is 12.3. The molecule has 258 valence electrons. The van der Waals surface area contributed by atoms with Gasteiger partial charge < -0.3 is 0 Å². The summed E-state index contributed by atoms with van der Waals surface area (Å²) in [6.07, 6.45) is 0. The van der Waals surface area contributed by atoms with Gasteiger partial charge in [0.1, 0.15) is 0 Å². The molecule has 0 aliphatic heterocycles. The van der Waals surface area contributed by atoms with E-state index in [1.54, 1.807) is 0 Å². The van der Waals surface area contributed by atoms with Gasteiger partial charge in [-0.3, -0.25) is 0 Å². The standard InChI is InChI=1S/C50H50Si2/c1-35(2)51(36(3)4,43-23-11-9-12-24-43)29-27-45-47-31-39-19-15-17-21-41(39)33-49(47)46(50-34-42-22-18-16-20-40(42)32-48(45)50)28-30-52(37(5)6,38(7)8)44-25-13-10-14-26-44/h9-26,31-38H,1-8H3. The lowest BCUT2D eigenvalue weighted by Gasteiger charge is -2.35. The molecule has 0 radical (unpaired) electrons. The molecular weight excluding hydrogens is 657 g/mol. The quantitative estimate of drug-likeness (QED) is 0.0917. The van der Waals surface area contributed by atoms with Gasteiger partial charge in [0.2, 0.25) is 0 Å². The molecule has 0 amide bonds. The highest BCUT2D eigenvalue weighted by atomic mass is 28.3. The lowest BCUT2D eigenvalue weighted by molar-refractivity contribution is 0.931. The van der Waals surface area contributed by atoms with Gasteiger partial charge in [0, 0.05) is 11.1 Å². The van der Waals surface area contributed by atoms with Crippen LogP contribution in [0.4, 0.5) is 0 Å². The third-order valence-corrected chi connectivity index (χ3v) is 22.7. The molecule has 0 unspecified atom stereocenters. The number of fused-ring (bicyclic) bond motifs is 4. The van der Waals surface area contributed by atoms with Gasteiger partial charge in [-0.1, -0.05) is 176 Å². The van der Waals surface area contributed by atoms with E-state index in [-0.39, 0.29) is 0 Å². The first-order chi connectivity index (χ1) is 25.1. The van der Waals surface area contributed by atoms with Gasteiger partial charge in [-0.2, -0.15) is 0 Å². The van der Waals surface area contributed by atoms with Gasteiger partial charge in [-0.05, 0) is 99.9 Å². The smallest absolute Gasteiger partial charge is 0.120 e. The van der Waals surface area contributed by atoms with E-state index in [9.17, 15) is 0 Å². The largest absolute Gasteiger partial charge is 0.174 e. The van der Waals surface area contributed by atoms with Crippen molar-refractivity contribution in [3.63, 3.8) is 0 Å². The van der Waals surface area contributed by atoms with E-state index in [4.69, 9.17) is 0 Å². The van der Waals surface area contributed by atoms with Crippen molar-refractivity contribution in [2.45, 2.75) is 77.6 Å². The van der Waals surface area contributed by atoms with Crippen LogP contribution < -0.4 is 10.4 Å². The van der Waals surface area contributed by atoms with Crippen LogP contribution in [0, 0.1) is 22.9 Å². The highest BCUT2D eigenvalue weighted by Gasteiger charge is 2.42. The highest BCUT2D eigenvalue weighted by Crippen LogP contribution is 2.39. The third-order valence-electron chi connectivity index (χ3n) is 11.8. The van der Waals surface area contributed by atoms with Crippen molar-refractivity contribution in [2.24, 2.45) is 0 Å². The molecule has 52 heavy (non-hydrogen) atoms. The van der Waals surface area contributed by atoms with E-state index in [0.717, 1.165) is 11.1 Å². The lowest BCUT2D eigenvalue weighted by Crippen LogP contribution is -2.52. The maximum absolute atomic E-state index is 4.13. The SMILES string of the molecule is CC(C)[Si](C#Cc1c2cc3ccccc3cc2c(C#C[Si](c2ccccc2)(C(C)C)C(C)C)c2cc3ccccc3cc12)(c1ccccc1)C(C)C. The van der Waals surface area contributed by atoms with Crippen molar-refractivity contribution in [1.29, 1.82) is 0 Å². The average Bonchev–Trinajstić information content (AvgIpc) is 3.14. The summed E-state index contributed by atoms with van der Waals surface area (Å²) in [4.78, 5) is 0. The number of benzene rings is 7. The zero-order valence-corrected chi connectivity index (χ0v) is 34.0. The molecule has 0 aromatic heterocycles. The molecule has 0 spiro atoms. The topological polar surface area (TPSA) is 0 Å². The van der Waals surface area contributed by atoms with Crippen LogP contribution in [0.5, 0.6) is 0 Å². The first-order valence-electron chi connectivity index (χ1n) is 19.1. The van der Waals surface area contributed by atoms with Crippen molar-refractivity contribution >= 4 is 69.6 Å². The molecule has 0 aliphatic rings. The Balaban J connectivity index is 1.65. The molecule has 0 fully saturated rings. The Hall–Kier alpha value is -4.87. The van der Waals surface area contributed by atoms with E-state index in [2.05, 4.69) is 212 Å². The fraction of sp³-hybridized carbons (Fsp3) is 0.240. The van der Waals surface area contributed by atoms with Crippen LogP contribution in [0.2, 0.25) is 22.2 Å². The minimum Gasteiger partial charge on any atom is -0.120 e. The number of hydrogen-bond acceptors (Lipinski definition) is 0. The molecule has 0 bridgehead atoms. The summed E-state index contributed by atoms with van der Waals surface area (Å²) in [7, 11) is -4.58. The van der Waals surface area contributed by atoms with Crippen LogP contribution in [0.15, 0.2) is 133 Å². The van der Waals surface area contributed by atoms with Crippen molar-refractivity contribution in [2.75, 3.05) is 0 Å². The van der Waals surface area contributed by atoms with Crippen molar-refractivity contribution in [3.05, 3.63) is 145 Å². The van der Waals surface area contributed by atoms with E-state index in [0.29, 0.717) is 22.2 Å². The molecule has 7 aromatic rings. The normalized spacial score (nSPS) is 12.2. The molecule has 7 rings (SSSR count). The molecule has 2 heteroatoms. The van der Waals surface area contributed by atoms with E-state index >= 15 is 0 Å². The predicted octanol–water partition coefficient (Wildman–Crippen LogP) is 12.4. The van der Waals surface area contributed by atoms with E-state index < -0.39 is 16.1 Å². The maximum Gasteiger partial charge on any atom is 0.174 e. The molecule has 0 atom stereocenters. The predicted molar refractivity (Wildman–Crippen MR) is 234 cm³/mol. The van der Waals surface area contributed by atoms with Crippen molar-refractivity contribution in [3.8, 4) is 22.9 Å². The van der Waals surface area contributed by atoms with Crippen molar-refractivity contribution in [1.82, 2.24) is 0 Å². The highest BCUT2D eigenvalue weighted by molar-refractivity contribution is 7.01. The minimum absolute atomic E-state index is 0.454. The lowest BCUT2D eigenvalue weighted by atomic mass is 9.89. The average molecular weight is 707 g/mol. The van der Waals surface area contributed by atoms with Crippen LogP contribution in [0.25, 0.3) is 43.1 Å². The second-order valence-electron chi connectivity index (χ2n) is 15.8. The van der Waals surface area contributed by atoms with Crippen LogP contribution in [0.1, 0.15) is 66.5 Å². The van der Waals surface area contributed by atoms with Gasteiger partial charge in [0.25, 0.3) is 0 Å². The molecule has 0 nitrogen and oxygen atoms in total. The Kier molecular flexibility index (Phi) is 9.76. The summed E-state index contributed by atoms with van der Waals surface area (Å²) in [5.74, 6) is 7.99. The maximum atomic E-state index is 4.13. The fourth-order valence-electron chi connectivity index (χ4n) is 9.02. The Morgan fingerprint density at radius 2 is 0.596 bits per heavy atom. The Labute approximate surface area is 313 Å². The first kappa shape index (κ1) is 35.5. The molecule has 7 aromatic carbocycles. The summed E-state index contributed by atoms with van der Waals surface area (Å²) >= 11 is 0. The summed E-state index contributed by atoms with van der Waals surface area (Å²) in [6.45, 7) is 19.1. The van der Waals surface area contributed by atoms with Gasteiger partial charge in [0.05, 0.1) is 0 Å². The van der Waals surface area contributed by atoms with Crippen LogP contribution >= 0.6 is 0 Å². The van der Waals surface area contributed by atoms with Gasteiger partial charge in [-0.25, -0.2) is 0 Å². The van der Waals surface area contributed by atoms with E-state index in [1.807, 2.05) is 0 Å². The Bertz CT molecular complexity index is 2240. The number of hydrogen-bond donors (Lipinski definition) is 0. The van der Waals surface area contributed by atoms with Gasteiger partial charge >= 0.3 is 0 Å². The van der Waals surface area contributed by atoms with Crippen molar-refractivity contribution < 1.29 is 0 Å². The second-order valence-corrected chi connectivity index (χ2v) is 25.6. The van der Waals surface area contributed by atoms with E-state index in [1.165, 1.54) is 53.5 Å². The summed E-state index contributed by atoms with van der Waals surface area (Å²) in [5, 5.41) is 12.6. The molecule has 0 saturated heterocycles. The summed E-state index contributed by atoms with van der Waals surface area (Å²) < 4.78 is 0. The van der Waals surface area contributed by atoms with Crippen LogP contribution in [-0.4, -0.2) is 16.1 Å². The molecule has 0 heterocycles. The van der Waals surface area contributed by atoms with Gasteiger partial charge in [0.15, 0.2) is 16.1 Å². The molecular formula is C50H50Si2. The zero-order chi connectivity index (χ0) is 36.6. The fourth-order valence-corrected chi connectivity index (χ4v) is 17.9. The third kappa shape index (κ3) is 5.99. The molecule has 0 N–H and O–H groups in total.